The molecule has 1 amide bonds. The Morgan fingerprint density at radius 1 is 0.900 bits per heavy atom. The average Bonchev–Trinajstić information content (AvgIpc) is 3.18. The van der Waals surface area contributed by atoms with E-state index in [4.69, 9.17) is 4.74 Å². The van der Waals surface area contributed by atoms with Crippen molar-refractivity contribution in [3.05, 3.63) is 88.7 Å². The van der Waals surface area contributed by atoms with Gasteiger partial charge in [0.2, 0.25) is 0 Å². The Balaban J connectivity index is 1.51. The Labute approximate surface area is 172 Å². The van der Waals surface area contributed by atoms with Gasteiger partial charge in [0.15, 0.2) is 17.7 Å². The van der Waals surface area contributed by atoms with Crippen LogP contribution in [0, 0.1) is 0 Å². The van der Waals surface area contributed by atoms with E-state index in [1.165, 1.54) is 19.1 Å². The lowest BCUT2D eigenvalue weighted by atomic mass is 9.84. The molecule has 1 aliphatic rings. The quantitative estimate of drug-likeness (QED) is 0.530. The molecule has 1 N–H and O–H groups in total. The van der Waals surface area contributed by atoms with Crippen LogP contribution in [-0.4, -0.2) is 34.1 Å². The van der Waals surface area contributed by atoms with E-state index in [0.717, 1.165) is 0 Å². The highest BCUT2D eigenvalue weighted by Gasteiger charge is 2.29. The van der Waals surface area contributed by atoms with Gasteiger partial charge in [0.25, 0.3) is 5.91 Å². The van der Waals surface area contributed by atoms with E-state index in [-0.39, 0.29) is 17.1 Å². The summed E-state index contributed by atoms with van der Waals surface area (Å²) >= 11 is 0. The van der Waals surface area contributed by atoms with Gasteiger partial charge in [-0.05, 0) is 37.3 Å². The first kappa shape index (κ1) is 19.3. The fourth-order valence-corrected chi connectivity index (χ4v) is 3.37. The molecule has 0 spiro atoms. The van der Waals surface area contributed by atoms with Crippen molar-refractivity contribution in [2.24, 2.45) is 7.05 Å². The molecule has 0 saturated heterocycles. The van der Waals surface area contributed by atoms with Crippen molar-refractivity contribution in [3.8, 4) is 0 Å². The van der Waals surface area contributed by atoms with Gasteiger partial charge in [0, 0.05) is 41.2 Å². The molecule has 4 rings (SSSR count). The van der Waals surface area contributed by atoms with Gasteiger partial charge in [0.1, 0.15) is 5.69 Å². The van der Waals surface area contributed by atoms with Gasteiger partial charge >= 0.3 is 5.97 Å². The summed E-state index contributed by atoms with van der Waals surface area (Å²) in [6, 6.07) is 14.5. The molecule has 2 aromatic carbocycles. The van der Waals surface area contributed by atoms with Crippen molar-refractivity contribution in [1.29, 1.82) is 0 Å². The summed E-state index contributed by atoms with van der Waals surface area (Å²) in [6.45, 7) is 1.46. The van der Waals surface area contributed by atoms with Gasteiger partial charge in [-0.3, -0.25) is 14.4 Å². The fraction of sp³-hybridized carbons (Fsp3) is 0.130. The summed E-state index contributed by atoms with van der Waals surface area (Å²) in [5.74, 6) is -1.68. The Bertz CT molecular complexity index is 1210. The number of nitrogens with one attached hydrogen (secondary N) is 1. The van der Waals surface area contributed by atoms with Crippen molar-refractivity contribution in [2.75, 3.05) is 5.32 Å². The van der Waals surface area contributed by atoms with E-state index < -0.39 is 18.0 Å². The summed E-state index contributed by atoms with van der Waals surface area (Å²) in [5.41, 5.74) is 1.88. The van der Waals surface area contributed by atoms with Crippen LogP contribution in [-0.2, 0) is 16.6 Å². The largest absolute Gasteiger partial charge is 0.448 e. The molecule has 7 heteroatoms. The predicted molar refractivity (Wildman–Crippen MR) is 109 cm³/mol. The lowest BCUT2D eigenvalue weighted by Crippen LogP contribution is -2.30. The number of benzene rings is 2. The Morgan fingerprint density at radius 2 is 1.53 bits per heavy atom. The van der Waals surface area contributed by atoms with E-state index >= 15 is 0 Å². The highest BCUT2D eigenvalue weighted by molar-refractivity contribution is 6.28. The maximum atomic E-state index is 12.8. The van der Waals surface area contributed by atoms with Crippen LogP contribution in [0.3, 0.4) is 0 Å². The number of carbonyl (C=O) groups excluding carboxylic acids is 4. The summed E-state index contributed by atoms with van der Waals surface area (Å²) in [4.78, 5) is 50.1. The number of amides is 1. The molecule has 3 aromatic rings. The SMILES string of the molecule is C[C@H](OC(=O)c1cccn1C)C(=O)Nc1ccc2c(c1)C(=O)c1ccccc1C2=O. The zero-order valence-corrected chi connectivity index (χ0v) is 16.3. The van der Waals surface area contributed by atoms with Gasteiger partial charge in [-0.1, -0.05) is 24.3 Å². The van der Waals surface area contributed by atoms with Crippen LogP contribution in [0.2, 0.25) is 0 Å². The standard InChI is InChI=1S/C23H18N2O5/c1-13(30-23(29)19-8-5-11-25(19)2)22(28)24-14-9-10-17-18(12-14)21(27)16-7-4-3-6-15(16)20(17)26/h3-13H,1-2H3,(H,24,28)/t13-/m0/s1. The van der Waals surface area contributed by atoms with Crippen LogP contribution < -0.4 is 5.32 Å². The van der Waals surface area contributed by atoms with Gasteiger partial charge in [-0.2, -0.15) is 0 Å². The number of rotatable bonds is 4. The van der Waals surface area contributed by atoms with E-state index in [1.807, 2.05) is 0 Å². The number of aryl methyl sites for hydroxylation is 1. The minimum Gasteiger partial charge on any atom is -0.448 e. The molecule has 0 fully saturated rings. The molecule has 150 valence electrons. The number of carbonyl (C=O) groups is 4. The van der Waals surface area contributed by atoms with E-state index in [1.54, 1.807) is 60.3 Å². The maximum Gasteiger partial charge on any atom is 0.355 e. The smallest absolute Gasteiger partial charge is 0.355 e. The van der Waals surface area contributed by atoms with Crippen LogP contribution in [0.25, 0.3) is 0 Å². The average molecular weight is 402 g/mol. The molecule has 0 saturated carbocycles. The summed E-state index contributed by atoms with van der Waals surface area (Å²) in [6.07, 6.45) is 0.645. The van der Waals surface area contributed by atoms with Crippen molar-refractivity contribution in [3.63, 3.8) is 0 Å². The molecule has 30 heavy (non-hydrogen) atoms. The lowest BCUT2D eigenvalue weighted by molar-refractivity contribution is -0.123. The van der Waals surface area contributed by atoms with Crippen molar-refractivity contribution in [2.45, 2.75) is 13.0 Å². The number of esters is 1. The Morgan fingerprint density at radius 3 is 2.17 bits per heavy atom. The molecule has 1 atom stereocenters. The second kappa shape index (κ2) is 7.44. The number of ketones is 2. The second-order valence-electron chi connectivity index (χ2n) is 7.01. The van der Waals surface area contributed by atoms with Gasteiger partial charge in [-0.25, -0.2) is 4.79 Å². The molecule has 7 nitrogen and oxygen atoms in total. The molecule has 0 bridgehead atoms. The van der Waals surface area contributed by atoms with Gasteiger partial charge < -0.3 is 14.6 Å². The molecule has 1 heterocycles. The molecule has 1 aromatic heterocycles. The van der Waals surface area contributed by atoms with Crippen LogP contribution in [0.15, 0.2) is 60.8 Å². The minimum absolute atomic E-state index is 0.227. The zero-order valence-electron chi connectivity index (χ0n) is 16.3. The minimum atomic E-state index is -1.05. The number of fused-ring (bicyclic) bond motifs is 2. The molecule has 0 aliphatic heterocycles. The Hall–Kier alpha value is -4.00. The summed E-state index contributed by atoms with van der Waals surface area (Å²) in [5, 5.41) is 2.63. The van der Waals surface area contributed by atoms with E-state index in [9.17, 15) is 19.2 Å². The lowest BCUT2D eigenvalue weighted by Gasteiger charge is -2.19. The topological polar surface area (TPSA) is 94.5 Å². The second-order valence-corrected chi connectivity index (χ2v) is 7.01. The zero-order chi connectivity index (χ0) is 21.4. The number of hydrogen-bond acceptors (Lipinski definition) is 5. The van der Waals surface area contributed by atoms with Gasteiger partial charge in [0.05, 0.1) is 0 Å². The summed E-state index contributed by atoms with van der Waals surface area (Å²) in [7, 11) is 1.70. The normalized spacial score (nSPS) is 13.3. The van der Waals surface area contributed by atoms with Gasteiger partial charge in [-0.15, -0.1) is 0 Å². The highest BCUT2D eigenvalue weighted by Crippen LogP contribution is 2.29. The van der Waals surface area contributed by atoms with Crippen LogP contribution >= 0.6 is 0 Å². The third-order valence-electron chi connectivity index (χ3n) is 5.00. The first-order valence-corrected chi connectivity index (χ1v) is 9.32. The van der Waals surface area contributed by atoms with Crippen LogP contribution in [0.1, 0.15) is 49.3 Å². The first-order valence-electron chi connectivity index (χ1n) is 9.32. The number of nitrogens with zero attached hydrogens (tertiary/aromatic N) is 1. The Kier molecular flexibility index (Phi) is 4.79. The molecule has 1 aliphatic carbocycles. The fourth-order valence-electron chi connectivity index (χ4n) is 3.37. The maximum absolute atomic E-state index is 12.8. The molecular formula is C23H18N2O5. The number of hydrogen-bond donors (Lipinski definition) is 1. The molecular weight excluding hydrogens is 384 g/mol. The number of ether oxygens (including phenoxy) is 1. The van der Waals surface area contributed by atoms with E-state index in [0.29, 0.717) is 28.1 Å². The van der Waals surface area contributed by atoms with Crippen molar-refractivity contribution >= 4 is 29.1 Å². The van der Waals surface area contributed by atoms with Crippen molar-refractivity contribution < 1.29 is 23.9 Å². The van der Waals surface area contributed by atoms with Crippen LogP contribution in [0.5, 0.6) is 0 Å². The molecule has 0 radical (unpaired) electrons. The van der Waals surface area contributed by atoms with Crippen LogP contribution in [0.4, 0.5) is 5.69 Å². The first-order chi connectivity index (χ1) is 14.4. The number of aromatic nitrogens is 1. The third-order valence-corrected chi connectivity index (χ3v) is 5.00. The molecule has 0 unspecified atom stereocenters. The van der Waals surface area contributed by atoms with Crippen molar-refractivity contribution in [1.82, 2.24) is 4.57 Å². The number of anilines is 1. The van der Waals surface area contributed by atoms with E-state index in [2.05, 4.69) is 5.32 Å². The monoisotopic (exact) mass is 402 g/mol. The highest BCUT2D eigenvalue weighted by atomic mass is 16.5. The predicted octanol–water partition coefficient (Wildman–Crippen LogP) is 2.98. The summed E-state index contributed by atoms with van der Waals surface area (Å²) < 4.78 is 6.81. The third kappa shape index (κ3) is 3.30.